The fourth-order valence-electron chi connectivity index (χ4n) is 2.82. The summed E-state index contributed by atoms with van der Waals surface area (Å²) in [4.78, 5) is 18.8. The van der Waals surface area contributed by atoms with E-state index in [2.05, 4.69) is 20.5 Å². The van der Waals surface area contributed by atoms with Crippen LogP contribution in [0.4, 0.5) is 4.79 Å². The molecule has 2 amide bonds. The predicted octanol–water partition coefficient (Wildman–Crippen LogP) is 3.09. The average molecular weight is 341 g/mol. The summed E-state index contributed by atoms with van der Waals surface area (Å²) in [5, 5.41) is 9.81. The second-order valence-corrected chi connectivity index (χ2v) is 6.07. The van der Waals surface area contributed by atoms with Gasteiger partial charge in [0.2, 0.25) is 5.82 Å². The number of nitrogens with one attached hydrogen (secondary N) is 2. The van der Waals surface area contributed by atoms with E-state index in [1.54, 1.807) is 24.7 Å². The molecule has 0 saturated heterocycles. The highest BCUT2D eigenvalue weighted by molar-refractivity contribution is 5.75. The minimum absolute atomic E-state index is 0.115. The highest BCUT2D eigenvalue weighted by atomic mass is 16.3. The van der Waals surface area contributed by atoms with Gasteiger partial charge in [-0.15, -0.1) is 5.10 Å². The zero-order chi connectivity index (χ0) is 17.2. The first-order chi connectivity index (χ1) is 12.2. The molecule has 8 heteroatoms. The molecule has 0 aliphatic heterocycles. The number of rotatable bonds is 6. The van der Waals surface area contributed by atoms with Crippen molar-refractivity contribution >= 4 is 6.03 Å². The van der Waals surface area contributed by atoms with Crippen LogP contribution in [0.25, 0.3) is 11.6 Å². The van der Waals surface area contributed by atoms with Crippen molar-refractivity contribution in [3.8, 4) is 11.6 Å². The SMILES string of the molecule is C[C@@H](c1ccco1)N(C(=O)NCc1nc(-c2ccco2)n[nH]1)C1CC1. The smallest absolute Gasteiger partial charge is 0.318 e. The summed E-state index contributed by atoms with van der Waals surface area (Å²) < 4.78 is 10.7. The molecule has 1 atom stereocenters. The van der Waals surface area contributed by atoms with Gasteiger partial charge >= 0.3 is 6.03 Å². The van der Waals surface area contributed by atoms with Crippen molar-refractivity contribution in [3.63, 3.8) is 0 Å². The summed E-state index contributed by atoms with van der Waals surface area (Å²) in [5.41, 5.74) is 0. The highest BCUT2D eigenvalue weighted by Crippen LogP contribution is 2.34. The van der Waals surface area contributed by atoms with E-state index in [1.807, 2.05) is 24.0 Å². The number of urea groups is 1. The molecule has 8 nitrogen and oxygen atoms in total. The van der Waals surface area contributed by atoms with Gasteiger partial charge in [-0.3, -0.25) is 5.10 Å². The van der Waals surface area contributed by atoms with Crippen LogP contribution in [0.1, 0.15) is 37.4 Å². The highest BCUT2D eigenvalue weighted by Gasteiger charge is 2.37. The molecule has 3 heterocycles. The van der Waals surface area contributed by atoms with Crippen molar-refractivity contribution < 1.29 is 13.6 Å². The van der Waals surface area contributed by atoms with Gasteiger partial charge in [0.1, 0.15) is 11.6 Å². The maximum absolute atomic E-state index is 12.7. The molecule has 1 saturated carbocycles. The van der Waals surface area contributed by atoms with Crippen LogP contribution in [0.15, 0.2) is 45.6 Å². The largest absolute Gasteiger partial charge is 0.467 e. The molecular weight excluding hydrogens is 322 g/mol. The third-order valence-corrected chi connectivity index (χ3v) is 4.23. The number of aromatic nitrogens is 3. The number of aromatic amines is 1. The minimum atomic E-state index is -0.137. The Morgan fingerprint density at radius 2 is 2.16 bits per heavy atom. The van der Waals surface area contributed by atoms with Crippen LogP contribution in [-0.4, -0.2) is 32.2 Å². The molecule has 130 valence electrons. The lowest BCUT2D eigenvalue weighted by atomic mass is 10.2. The molecule has 0 bridgehead atoms. The molecule has 1 aliphatic carbocycles. The molecule has 3 aromatic rings. The van der Waals surface area contributed by atoms with Crippen molar-refractivity contribution in [2.24, 2.45) is 0 Å². The van der Waals surface area contributed by atoms with E-state index in [0.717, 1.165) is 18.6 Å². The van der Waals surface area contributed by atoms with Crippen LogP contribution in [0.2, 0.25) is 0 Å². The van der Waals surface area contributed by atoms with Gasteiger partial charge in [0.15, 0.2) is 5.76 Å². The number of hydrogen-bond acceptors (Lipinski definition) is 5. The van der Waals surface area contributed by atoms with Gasteiger partial charge in [-0.2, -0.15) is 0 Å². The van der Waals surface area contributed by atoms with E-state index in [0.29, 0.717) is 17.4 Å². The third kappa shape index (κ3) is 3.28. The monoisotopic (exact) mass is 341 g/mol. The number of hydrogen-bond donors (Lipinski definition) is 2. The lowest BCUT2D eigenvalue weighted by Crippen LogP contribution is -2.42. The molecule has 0 radical (unpaired) electrons. The van der Waals surface area contributed by atoms with Gasteiger partial charge in [-0.05, 0) is 44.0 Å². The van der Waals surface area contributed by atoms with Gasteiger partial charge in [0.25, 0.3) is 0 Å². The summed E-state index contributed by atoms with van der Waals surface area (Å²) in [7, 11) is 0. The van der Waals surface area contributed by atoms with Gasteiger partial charge in [0, 0.05) is 6.04 Å². The van der Waals surface area contributed by atoms with E-state index < -0.39 is 0 Å². The standard InChI is InChI=1S/C17H19N5O3/c1-11(13-4-2-8-24-13)22(12-6-7-12)17(23)18-10-15-19-16(21-20-15)14-5-3-9-25-14/h2-5,8-9,11-12H,6-7,10H2,1H3,(H,18,23)(H,19,20,21)/t11-/m0/s1. The van der Waals surface area contributed by atoms with E-state index in [-0.39, 0.29) is 24.7 Å². The van der Waals surface area contributed by atoms with Crippen LogP contribution in [-0.2, 0) is 6.54 Å². The number of nitrogens with zero attached hydrogens (tertiary/aromatic N) is 3. The second kappa shape index (κ2) is 6.46. The summed E-state index contributed by atoms with van der Waals surface area (Å²) in [5.74, 6) is 2.40. The zero-order valence-electron chi connectivity index (χ0n) is 13.8. The van der Waals surface area contributed by atoms with Gasteiger partial charge in [-0.1, -0.05) is 0 Å². The lowest BCUT2D eigenvalue weighted by molar-refractivity contribution is 0.165. The van der Waals surface area contributed by atoms with Crippen LogP contribution < -0.4 is 5.32 Å². The molecule has 4 rings (SSSR count). The molecular formula is C17H19N5O3. The lowest BCUT2D eigenvalue weighted by Gasteiger charge is -2.28. The van der Waals surface area contributed by atoms with E-state index in [1.165, 1.54) is 0 Å². The molecule has 25 heavy (non-hydrogen) atoms. The minimum Gasteiger partial charge on any atom is -0.467 e. The third-order valence-electron chi connectivity index (χ3n) is 4.23. The Labute approximate surface area is 144 Å². The number of carbonyl (C=O) groups excluding carboxylic acids is 1. The molecule has 2 N–H and O–H groups in total. The van der Waals surface area contributed by atoms with Crippen molar-refractivity contribution in [3.05, 3.63) is 48.4 Å². The van der Waals surface area contributed by atoms with Crippen LogP contribution in [0.3, 0.4) is 0 Å². The quantitative estimate of drug-likeness (QED) is 0.717. The van der Waals surface area contributed by atoms with Crippen LogP contribution in [0, 0.1) is 0 Å². The van der Waals surface area contributed by atoms with Crippen molar-refractivity contribution in [2.45, 2.75) is 38.4 Å². The summed E-state index contributed by atoms with van der Waals surface area (Å²) >= 11 is 0. The predicted molar refractivity (Wildman–Crippen MR) is 88.3 cm³/mol. The maximum atomic E-state index is 12.7. The number of carbonyl (C=O) groups is 1. The van der Waals surface area contributed by atoms with Gasteiger partial charge in [-0.25, -0.2) is 9.78 Å². The first-order valence-electron chi connectivity index (χ1n) is 8.27. The first-order valence-corrected chi connectivity index (χ1v) is 8.27. The molecule has 0 aromatic carbocycles. The molecule has 1 fully saturated rings. The fraction of sp³-hybridized carbons (Fsp3) is 0.353. The summed E-state index contributed by atoms with van der Waals surface area (Å²) in [6, 6.07) is 7.29. The summed E-state index contributed by atoms with van der Waals surface area (Å²) in [6.45, 7) is 2.24. The second-order valence-electron chi connectivity index (χ2n) is 6.07. The normalized spacial score (nSPS) is 15.1. The average Bonchev–Trinajstić information content (AvgIpc) is 3.11. The maximum Gasteiger partial charge on any atom is 0.318 e. The van der Waals surface area contributed by atoms with Crippen molar-refractivity contribution in [2.75, 3.05) is 0 Å². The molecule has 1 aliphatic rings. The Morgan fingerprint density at radius 1 is 1.36 bits per heavy atom. The van der Waals surface area contributed by atoms with Crippen LogP contribution >= 0.6 is 0 Å². The summed E-state index contributed by atoms with van der Waals surface area (Å²) in [6.07, 6.45) is 5.23. The molecule has 0 unspecified atom stereocenters. The van der Waals surface area contributed by atoms with Crippen molar-refractivity contribution in [1.82, 2.24) is 25.4 Å². The van der Waals surface area contributed by atoms with E-state index >= 15 is 0 Å². The topological polar surface area (TPSA) is 100 Å². The van der Waals surface area contributed by atoms with E-state index in [4.69, 9.17) is 8.83 Å². The van der Waals surface area contributed by atoms with Crippen LogP contribution in [0.5, 0.6) is 0 Å². The Bertz CT molecular complexity index is 820. The van der Waals surface area contributed by atoms with Crippen molar-refractivity contribution in [1.29, 1.82) is 0 Å². The zero-order valence-corrected chi connectivity index (χ0v) is 13.8. The number of H-pyrrole nitrogens is 1. The Balaban J connectivity index is 1.40. The van der Waals surface area contributed by atoms with Gasteiger partial charge in [0.05, 0.1) is 25.1 Å². The number of furan rings is 2. The van der Waals surface area contributed by atoms with Gasteiger partial charge < -0.3 is 19.1 Å². The first kappa shape index (κ1) is 15.5. The Kier molecular flexibility index (Phi) is 4.01. The Morgan fingerprint density at radius 3 is 2.84 bits per heavy atom. The number of amides is 2. The molecule has 3 aromatic heterocycles. The van der Waals surface area contributed by atoms with E-state index in [9.17, 15) is 4.79 Å². The Hall–Kier alpha value is -3.03. The molecule has 0 spiro atoms. The fourth-order valence-corrected chi connectivity index (χ4v) is 2.82.